The third-order valence-electron chi connectivity index (χ3n) is 7.87. The molecule has 0 spiro atoms. The highest BCUT2D eigenvalue weighted by atomic mass is 35.5. The molecule has 0 bridgehead atoms. The van der Waals surface area contributed by atoms with Crippen molar-refractivity contribution in [2.45, 2.75) is 64.6 Å². The first-order valence-corrected chi connectivity index (χ1v) is 13.5. The molecule has 0 aliphatic carbocycles. The van der Waals surface area contributed by atoms with Gasteiger partial charge in [-0.05, 0) is 76.2 Å². The summed E-state index contributed by atoms with van der Waals surface area (Å²) >= 11 is 12.6. The van der Waals surface area contributed by atoms with Crippen molar-refractivity contribution in [3.8, 4) is 0 Å². The average molecular weight is 517 g/mol. The molecule has 4 heterocycles. The van der Waals surface area contributed by atoms with E-state index < -0.39 is 0 Å². The fourth-order valence-corrected chi connectivity index (χ4v) is 6.63. The number of hydrogen-bond acceptors (Lipinski definition) is 6. The summed E-state index contributed by atoms with van der Waals surface area (Å²) in [6, 6.07) is 6.75. The fraction of sp³-hybridized carbons (Fsp3) is 0.577. The topological polar surface area (TPSA) is 76.1 Å². The number of anilines is 1. The van der Waals surface area contributed by atoms with Crippen molar-refractivity contribution < 1.29 is 0 Å². The molecule has 2 N–H and O–H groups in total. The molecule has 0 radical (unpaired) electrons. The molecule has 3 aromatic rings. The van der Waals surface area contributed by atoms with Crippen LogP contribution in [0.2, 0.25) is 10.0 Å². The van der Waals surface area contributed by atoms with Gasteiger partial charge in [0.1, 0.15) is 11.3 Å². The number of aromatic nitrogens is 4. The van der Waals surface area contributed by atoms with E-state index in [1.54, 1.807) is 6.07 Å². The van der Waals surface area contributed by atoms with Gasteiger partial charge in [-0.3, -0.25) is 4.90 Å². The van der Waals surface area contributed by atoms with Gasteiger partial charge in [-0.25, -0.2) is 14.6 Å². The van der Waals surface area contributed by atoms with Crippen LogP contribution in [-0.2, 0) is 0 Å². The van der Waals surface area contributed by atoms with Gasteiger partial charge >= 0.3 is 0 Å². The predicted octanol–water partition coefficient (Wildman–Crippen LogP) is 5.08. The molecule has 0 saturated carbocycles. The Labute approximate surface area is 217 Å². The van der Waals surface area contributed by atoms with Crippen molar-refractivity contribution in [2.24, 2.45) is 11.7 Å². The van der Waals surface area contributed by atoms with Crippen LogP contribution in [0.25, 0.3) is 11.2 Å². The summed E-state index contributed by atoms with van der Waals surface area (Å²) in [7, 11) is 0. The number of likely N-dealkylation sites (tertiary alicyclic amines) is 1. The quantitative estimate of drug-likeness (QED) is 0.493. The molecule has 1 aromatic carbocycles. The highest BCUT2D eigenvalue weighted by molar-refractivity contribution is 6.35. The van der Waals surface area contributed by atoms with Crippen LogP contribution in [0.5, 0.6) is 0 Å². The highest BCUT2D eigenvalue weighted by Crippen LogP contribution is 2.33. The number of fused-ring (bicyclic) bond motifs is 1. The van der Waals surface area contributed by atoms with Crippen LogP contribution in [0.4, 0.5) is 5.82 Å². The van der Waals surface area contributed by atoms with Crippen molar-refractivity contribution >= 4 is 40.2 Å². The van der Waals surface area contributed by atoms with E-state index >= 15 is 0 Å². The summed E-state index contributed by atoms with van der Waals surface area (Å²) in [6.07, 6.45) is 6.72. The lowest BCUT2D eigenvalue weighted by Crippen LogP contribution is -2.52. The molecule has 0 amide bonds. The van der Waals surface area contributed by atoms with Crippen molar-refractivity contribution in [1.82, 2.24) is 24.6 Å². The molecule has 2 fully saturated rings. The number of hydrogen-bond donors (Lipinski definition) is 1. The molecule has 2 aliphatic rings. The van der Waals surface area contributed by atoms with E-state index in [0.717, 1.165) is 60.7 Å². The summed E-state index contributed by atoms with van der Waals surface area (Å²) in [6.45, 7) is 10.4. The third kappa shape index (κ3) is 4.76. The number of nitrogens with two attached hydrogens (primary N) is 1. The standard InChI is InChI=1S/C26H35Cl2N7/c1-16-15-33(12-9-23(16)34-11-4-5-20(34)8-10-29)24-14-30-25-17(2)32-35(26(25)31-24)18(3)21-7-6-19(27)13-22(21)28/h6-7,13-14,16,18,20,23H,4-5,8-12,15,29H2,1-3H3/t16-,18-,20?,23?/m1/s1. The van der Waals surface area contributed by atoms with Crippen LogP contribution in [0.3, 0.4) is 0 Å². The van der Waals surface area contributed by atoms with E-state index in [1.807, 2.05) is 29.9 Å². The molecule has 2 saturated heterocycles. The van der Waals surface area contributed by atoms with Gasteiger partial charge in [-0.15, -0.1) is 0 Å². The Morgan fingerprint density at radius 3 is 2.77 bits per heavy atom. The van der Waals surface area contributed by atoms with E-state index in [9.17, 15) is 0 Å². The first-order chi connectivity index (χ1) is 16.9. The molecule has 2 aromatic heterocycles. The predicted molar refractivity (Wildman–Crippen MR) is 144 cm³/mol. The van der Waals surface area contributed by atoms with E-state index in [2.05, 4.69) is 23.6 Å². The first-order valence-electron chi connectivity index (χ1n) is 12.7. The number of rotatable bonds is 6. The second-order valence-corrected chi connectivity index (χ2v) is 11.0. The molecule has 35 heavy (non-hydrogen) atoms. The molecule has 188 valence electrons. The Bertz CT molecular complexity index is 1200. The van der Waals surface area contributed by atoms with Crippen LogP contribution in [0.1, 0.15) is 56.8 Å². The molecular weight excluding hydrogens is 481 g/mol. The minimum atomic E-state index is -0.0974. The minimum absolute atomic E-state index is 0.0974. The van der Waals surface area contributed by atoms with Crippen LogP contribution >= 0.6 is 23.2 Å². The Morgan fingerprint density at radius 2 is 2.03 bits per heavy atom. The maximum absolute atomic E-state index is 6.52. The van der Waals surface area contributed by atoms with Gasteiger partial charge in [0.15, 0.2) is 5.65 Å². The average Bonchev–Trinajstić information content (AvgIpc) is 3.43. The number of piperidine rings is 1. The van der Waals surface area contributed by atoms with Crippen LogP contribution in [0, 0.1) is 12.8 Å². The summed E-state index contributed by atoms with van der Waals surface area (Å²) in [5.74, 6) is 1.47. The molecule has 7 nitrogen and oxygen atoms in total. The minimum Gasteiger partial charge on any atom is -0.355 e. The Morgan fingerprint density at radius 1 is 1.20 bits per heavy atom. The van der Waals surface area contributed by atoms with Gasteiger partial charge in [-0.1, -0.05) is 36.2 Å². The first kappa shape index (κ1) is 24.8. The zero-order valence-corrected chi connectivity index (χ0v) is 22.3. The maximum Gasteiger partial charge on any atom is 0.179 e. The number of benzene rings is 1. The van der Waals surface area contributed by atoms with E-state index in [-0.39, 0.29) is 6.04 Å². The number of aryl methyl sites for hydroxylation is 1. The van der Waals surface area contributed by atoms with Gasteiger partial charge in [0.05, 0.1) is 17.9 Å². The largest absolute Gasteiger partial charge is 0.355 e. The lowest BCUT2D eigenvalue weighted by atomic mass is 9.91. The van der Waals surface area contributed by atoms with Crippen molar-refractivity contribution in [2.75, 3.05) is 31.1 Å². The Hall–Kier alpha value is -1.93. The number of halogens is 2. The van der Waals surface area contributed by atoms with Crippen LogP contribution < -0.4 is 10.6 Å². The lowest BCUT2D eigenvalue weighted by molar-refractivity contribution is 0.112. The molecule has 9 heteroatoms. The lowest BCUT2D eigenvalue weighted by Gasteiger charge is -2.43. The Kier molecular flexibility index (Phi) is 7.22. The molecule has 2 unspecified atom stereocenters. The van der Waals surface area contributed by atoms with Crippen molar-refractivity contribution in [1.29, 1.82) is 0 Å². The zero-order chi connectivity index (χ0) is 24.7. The summed E-state index contributed by atoms with van der Waals surface area (Å²) < 4.78 is 1.94. The summed E-state index contributed by atoms with van der Waals surface area (Å²) in [5, 5.41) is 6.03. The smallest absolute Gasteiger partial charge is 0.179 e. The highest BCUT2D eigenvalue weighted by Gasteiger charge is 2.36. The van der Waals surface area contributed by atoms with Gasteiger partial charge in [0.25, 0.3) is 0 Å². The van der Waals surface area contributed by atoms with Gasteiger partial charge in [0, 0.05) is 35.2 Å². The van der Waals surface area contributed by atoms with E-state index in [1.165, 1.54) is 19.4 Å². The second-order valence-electron chi connectivity index (χ2n) is 10.2. The van der Waals surface area contributed by atoms with Crippen molar-refractivity contribution in [3.63, 3.8) is 0 Å². The normalized spacial score (nSPS) is 24.4. The SMILES string of the molecule is Cc1nn([C@H](C)c2ccc(Cl)cc2Cl)c2nc(N3CCC(N4CCCC4CCN)[C@H](C)C3)cnc12. The number of nitrogens with zero attached hydrogens (tertiary/aromatic N) is 6. The monoisotopic (exact) mass is 515 g/mol. The van der Waals surface area contributed by atoms with Gasteiger partial charge < -0.3 is 10.6 Å². The van der Waals surface area contributed by atoms with E-state index in [0.29, 0.717) is 28.0 Å². The fourth-order valence-electron chi connectivity index (χ4n) is 6.07. The van der Waals surface area contributed by atoms with Crippen LogP contribution in [0.15, 0.2) is 24.4 Å². The second kappa shape index (κ2) is 10.2. The Balaban J connectivity index is 1.39. The maximum atomic E-state index is 6.52. The molecule has 2 aliphatic heterocycles. The molecular formula is C26H35Cl2N7. The summed E-state index contributed by atoms with van der Waals surface area (Å²) in [4.78, 5) is 15.0. The van der Waals surface area contributed by atoms with E-state index in [4.69, 9.17) is 44.0 Å². The third-order valence-corrected chi connectivity index (χ3v) is 8.43. The molecule has 4 atom stereocenters. The summed E-state index contributed by atoms with van der Waals surface area (Å²) in [5.41, 5.74) is 9.33. The van der Waals surface area contributed by atoms with Gasteiger partial charge in [-0.2, -0.15) is 5.10 Å². The van der Waals surface area contributed by atoms with Crippen LogP contribution in [-0.4, -0.2) is 62.9 Å². The van der Waals surface area contributed by atoms with Crippen molar-refractivity contribution in [3.05, 3.63) is 45.7 Å². The molecule has 5 rings (SSSR count). The zero-order valence-electron chi connectivity index (χ0n) is 20.8. The van der Waals surface area contributed by atoms with Gasteiger partial charge in [0.2, 0.25) is 0 Å².